The van der Waals surface area contributed by atoms with Crippen LogP contribution in [-0.4, -0.2) is 18.1 Å². The fourth-order valence-corrected chi connectivity index (χ4v) is 2.79. The van der Waals surface area contributed by atoms with Gasteiger partial charge in [-0.05, 0) is 42.8 Å². The van der Waals surface area contributed by atoms with E-state index in [4.69, 9.17) is 11.6 Å². The highest BCUT2D eigenvalue weighted by atomic mass is 35.5. The van der Waals surface area contributed by atoms with Crippen LogP contribution >= 0.6 is 11.6 Å². The van der Waals surface area contributed by atoms with Gasteiger partial charge in [0.15, 0.2) is 0 Å². The van der Waals surface area contributed by atoms with E-state index in [9.17, 15) is 9.18 Å². The second kappa shape index (κ2) is 7.79. The molecule has 2 aromatic carbocycles. The van der Waals surface area contributed by atoms with Gasteiger partial charge in [0.05, 0.1) is 6.04 Å². The Morgan fingerprint density at radius 2 is 1.96 bits per heavy atom. The van der Waals surface area contributed by atoms with Crippen LogP contribution in [0.5, 0.6) is 0 Å². The van der Waals surface area contributed by atoms with Gasteiger partial charge in [0.2, 0.25) is 5.91 Å². The van der Waals surface area contributed by atoms with Gasteiger partial charge in [0.25, 0.3) is 0 Å². The number of amides is 1. The summed E-state index contributed by atoms with van der Waals surface area (Å²) in [4.78, 5) is 12.6. The SMILES string of the molecule is CC(NC(=O)C1NNNC1Nc1cccc(Cl)c1)c1ccc(F)cc1. The molecule has 1 fully saturated rings. The topological polar surface area (TPSA) is 77.2 Å². The number of carbonyl (C=O) groups excluding carboxylic acids is 1. The molecule has 1 heterocycles. The van der Waals surface area contributed by atoms with E-state index in [1.54, 1.807) is 24.3 Å². The predicted octanol–water partition coefficient (Wildman–Crippen LogP) is 2.08. The maximum Gasteiger partial charge on any atom is 0.242 e. The molecule has 25 heavy (non-hydrogen) atoms. The average Bonchev–Trinajstić information content (AvgIpc) is 3.03. The first-order valence-electron chi connectivity index (χ1n) is 7.87. The maximum atomic E-state index is 13.0. The Balaban J connectivity index is 1.63. The molecule has 132 valence electrons. The molecule has 0 aromatic heterocycles. The number of halogens is 2. The Hall–Kier alpha value is -2.19. The van der Waals surface area contributed by atoms with Gasteiger partial charge in [-0.1, -0.05) is 29.8 Å². The zero-order valence-corrected chi connectivity index (χ0v) is 14.3. The van der Waals surface area contributed by atoms with Crippen molar-refractivity contribution >= 4 is 23.2 Å². The Morgan fingerprint density at radius 1 is 1.20 bits per heavy atom. The number of nitrogens with one attached hydrogen (secondary N) is 5. The first-order chi connectivity index (χ1) is 12.0. The van der Waals surface area contributed by atoms with Crippen LogP contribution in [0.1, 0.15) is 18.5 Å². The third-order valence-corrected chi connectivity index (χ3v) is 4.18. The van der Waals surface area contributed by atoms with E-state index in [-0.39, 0.29) is 23.9 Å². The van der Waals surface area contributed by atoms with Crippen molar-refractivity contribution in [2.24, 2.45) is 0 Å². The van der Waals surface area contributed by atoms with Crippen molar-refractivity contribution in [1.29, 1.82) is 0 Å². The van der Waals surface area contributed by atoms with Gasteiger partial charge in [-0.2, -0.15) is 5.53 Å². The lowest BCUT2D eigenvalue weighted by atomic mass is 10.1. The van der Waals surface area contributed by atoms with E-state index in [0.29, 0.717) is 5.02 Å². The van der Waals surface area contributed by atoms with Crippen LogP contribution < -0.4 is 27.0 Å². The zero-order valence-electron chi connectivity index (χ0n) is 13.5. The molecule has 0 saturated carbocycles. The monoisotopic (exact) mass is 363 g/mol. The summed E-state index contributed by atoms with van der Waals surface area (Å²) in [6.07, 6.45) is -0.376. The van der Waals surface area contributed by atoms with Gasteiger partial charge >= 0.3 is 0 Å². The first kappa shape index (κ1) is 17.6. The van der Waals surface area contributed by atoms with E-state index >= 15 is 0 Å². The van der Waals surface area contributed by atoms with Crippen LogP contribution in [-0.2, 0) is 4.79 Å². The van der Waals surface area contributed by atoms with Gasteiger partial charge < -0.3 is 10.6 Å². The standard InChI is InChI=1S/C17H19ClFN5O/c1-10(11-5-7-13(19)8-6-11)20-17(25)15-16(23-24-22-15)21-14-4-2-3-12(18)9-14/h2-10,15-16,21-24H,1H3,(H,20,25). The Morgan fingerprint density at radius 3 is 2.68 bits per heavy atom. The van der Waals surface area contributed by atoms with Crippen LogP contribution in [0, 0.1) is 5.82 Å². The summed E-state index contributed by atoms with van der Waals surface area (Å²) in [5, 5.41) is 6.72. The normalized spacial score (nSPS) is 20.9. The average molecular weight is 364 g/mol. The van der Waals surface area contributed by atoms with Gasteiger partial charge in [-0.25, -0.2) is 15.2 Å². The largest absolute Gasteiger partial charge is 0.367 e. The third-order valence-electron chi connectivity index (χ3n) is 3.95. The van der Waals surface area contributed by atoms with Crippen molar-refractivity contribution in [2.75, 3.05) is 5.32 Å². The minimum atomic E-state index is -0.554. The molecule has 0 aliphatic carbocycles. The van der Waals surface area contributed by atoms with Crippen LogP contribution in [0.3, 0.4) is 0 Å². The van der Waals surface area contributed by atoms with Gasteiger partial charge in [0.1, 0.15) is 18.0 Å². The molecule has 3 rings (SSSR count). The lowest BCUT2D eigenvalue weighted by Crippen LogP contribution is -2.50. The van der Waals surface area contributed by atoms with Crippen LogP contribution in [0.25, 0.3) is 0 Å². The molecule has 0 bridgehead atoms. The summed E-state index contributed by atoms with van der Waals surface area (Å²) >= 11 is 5.98. The van der Waals surface area contributed by atoms with Gasteiger partial charge in [-0.15, -0.1) is 0 Å². The number of rotatable bonds is 5. The maximum absolute atomic E-state index is 13.0. The second-order valence-electron chi connectivity index (χ2n) is 5.81. The summed E-state index contributed by atoms with van der Waals surface area (Å²) in [5.41, 5.74) is 10.2. The highest BCUT2D eigenvalue weighted by molar-refractivity contribution is 6.30. The first-order valence-corrected chi connectivity index (χ1v) is 8.25. The third kappa shape index (κ3) is 4.46. The molecule has 1 saturated heterocycles. The molecule has 8 heteroatoms. The van der Waals surface area contributed by atoms with Crippen molar-refractivity contribution in [2.45, 2.75) is 25.2 Å². The van der Waals surface area contributed by atoms with E-state index in [0.717, 1.165) is 11.3 Å². The van der Waals surface area contributed by atoms with Crippen LogP contribution in [0.15, 0.2) is 48.5 Å². The highest BCUT2D eigenvalue weighted by Gasteiger charge is 2.33. The van der Waals surface area contributed by atoms with Crippen molar-refractivity contribution in [3.63, 3.8) is 0 Å². The van der Waals surface area contributed by atoms with Crippen molar-refractivity contribution in [1.82, 2.24) is 21.7 Å². The number of hydrazine groups is 2. The molecule has 5 N–H and O–H groups in total. The molecule has 2 aromatic rings. The molecular weight excluding hydrogens is 345 g/mol. The molecule has 6 nitrogen and oxygen atoms in total. The van der Waals surface area contributed by atoms with Crippen LogP contribution in [0.4, 0.5) is 10.1 Å². The van der Waals surface area contributed by atoms with Gasteiger partial charge in [-0.3, -0.25) is 4.79 Å². The minimum Gasteiger partial charge on any atom is -0.367 e. The number of hydrogen-bond acceptors (Lipinski definition) is 5. The van der Waals surface area contributed by atoms with E-state index in [1.165, 1.54) is 12.1 Å². The smallest absolute Gasteiger partial charge is 0.242 e. The van der Waals surface area contributed by atoms with E-state index < -0.39 is 6.04 Å². The van der Waals surface area contributed by atoms with Crippen molar-refractivity contribution in [3.05, 3.63) is 64.9 Å². The summed E-state index contributed by atoms with van der Waals surface area (Å²) in [6.45, 7) is 1.85. The van der Waals surface area contributed by atoms with Crippen molar-refractivity contribution in [3.8, 4) is 0 Å². The molecule has 1 amide bonds. The molecule has 3 atom stereocenters. The Kier molecular flexibility index (Phi) is 5.50. The number of benzene rings is 2. The lowest BCUT2D eigenvalue weighted by Gasteiger charge is -2.22. The zero-order chi connectivity index (χ0) is 17.8. The Labute approximate surface area is 150 Å². The van der Waals surface area contributed by atoms with Crippen molar-refractivity contribution < 1.29 is 9.18 Å². The molecule has 3 unspecified atom stereocenters. The number of hydrogen-bond donors (Lipinski definition) is 5. The number of carbonyl (C=O) groups is 1. The fourth-order valence-electron chi connectivity index (χ4n) is 2.60. The van der Waals surface area contributed by atoms with Gasteiger partial charge in [0, 0.05) is 10.7 Å². The summed E-state index contributed by atoms with van der Waals surface area (Å²) in [6, 6.07) is 12.5. The Bertz CT molecular complexity index is 742. The fraction of sp³-hybridized carbons (Fsp3) is 0.235. The summed E-state index contributed by atoms with van der Waals surface area (Å²) < 4.78 is 13.0. The molecule has 0 spiro atoms. The molecule has 1 aliphatic heterocycles. The molecular formula is C17H19ClFN5O. The number of anilines is 1. The van der Waals surface area contributed by atoms with E-state index in [2.05, 4.69) is 27.0 Å². The highest BCUT2D eigenvalue weighted by Crippen LogP contribution is 2.17. The quantitative estimate of drug-likeness (QED) is 0.562. The molecule has 1 aliphatic rings. The van der Waals surface area contributed by atoms with E-state index in [1.807, 2.05) is 19.1 Å². The van der Waals surface area contributed by atoms with Crippen LogP contribution in [0.2, 0.25) is 5.02 Å². The summed E-state index contributed by atoms with van der Waals surface area (Å²) in [5.74, 6) is -0.507. The lowest BCUT2D eigenvalue weighted by molar-refractivity contribution is -0.123. The summed E-state index contributed by atoms with van der Waals surface area (Å²) in [7, 11) is 0. The predicted molar refractivity (Wildman–Crippen MR) is 95.0 cm³/mol. The second-order valence-corrected chi connectivity index (χ2v) is 6.24. The minimum absolute atomic E-state index is 0.200. The molecule has 0 radical (unpaired) electrons.